The van der Waals surface area contributed by atoms with E-state index in [0.717, 1.165) is 20.7 Å². The second kappa shape index (κ2) is 6.19. The van der Waals surface area contributed by atoms with Gasteiger partial charge in [0.2, 0.25) is 0 Å². The van der Waals surface area contributed by atoms with E-state index >= 15 is 0 Å². The SMILES string of the molecule is CC(Nc1ncc(Br)cc1Br)C1CCCCC1. The van der Waals surface area contributed by atoms with Gasteiger partial charge in [-0.2, -0.15) is 0 Å². The molecule has 0 radical (unpaired) electrons. The van der Waals surface area contributed by atoms with Crippen LogP contribution in [-0.4, -0.2) is 11.0 Å². The first-order valence-electron chi connectivity index (χ1n) is 6.24. The topological polar surface area (TPSA) is 24.9 Å². The predicted octanol–water partition coefficient (Wildman–Crippen LogP) is 4.99. The number of hydrogen-bond acceptors (Lipinski definition) is 2. The molecule has 17 heavy (non-hydrogen) atoms. The van der Waals surface area contributed by atoms with Crippen LogP contribution in [0.3, 0.4) is 0 Å². The van der Waals surface area contributed by atoms with Crippen LogP contribution >= 0.6 is 31.9 Å². The first-order chi connectivity index (χ1) is 8.16. The van der Waals surface area contributed by atoms with Gasteiger partial charge in [-0.15, -0.1) is 0 Å². The summed E-state index contributed by atoms with van der Waals surface area (Å²) in [4.78, 5) is 4.41. The van der Waals surface area contributed by atoms with Gasteiger partial charge in [0.25, 0.3) is 0 Å². The van der Waals surface area contributed by atoms with Crippen LogP contribution in [0.2, 0.25) is 0 Å². The van der Waals surface area contributed by atoms with Crippen LogP contribution in [0.15, 0.2) is 21.2 Å². The molecule has 1 heterocycles. The average Bonchev–Trinajstić information content (AvgIpc) is 2.34. The Morgan fingerprint density at radius 2 is 2.00 bits per heavy atom. The Balaban J connectivity index is 1.99. The lowest BCUT2D eigenvalue weighted by Crippen LogP contribution is -2.28. The zero-order valence-electron chi connectivity index (χ0n) is 10.0. The van der Waals surface area contributed by atoms with Crippen molar-refractivity contribution in [1.29, 1.82) is 0 Å². The number of aromatic nitrogens is 1. The van der Waals surface area contributed by atoms with E-state index in [1.165, 1.54) is 32.1 Å². The van der Waals surface area contributed by atoms with Crippen molar-refractivity contribution in [3.05, 3.63) is 21.2 Å². The Morgan fingerprint density at radius 1 is 1.29 bits per heavy atom. The van der Waals surface area contributed by atoms with Gasteiger partial charge in [-0.05, 0) is 63.6 Å². The molecule has 1 atom stereocenters. The maximum Gasteiger partial charge on any atom is 0.140 e. The van der Waals surface area contributed by atoms with Gasteiger partial charge in [0.15, 0.2) is 0 Å². The van der Waals surface area contributed by atoms with Gasteiger partial charge >= 0.3 is 0 Å². The summed E-state index contributed by atoms with van der Waals surface area (Å²) >= 11 is 6.96. The van der Waals surface area contributed by atoms with Crippen molar-refractivity contribution in [3.8, 4) is 0 Å². The zero-order chi connectivity index (χ0) is 12.3. The molecule has 1 unspecified atom stereocenters. The minimum atomic E-state index is 0.500. The normalized spacial score (nSPS) is 19.0. The molecular formula is C13H18Br2N2. The Kier molecular flexibility index (Phi) is 4.86. The molecule has 1 aliphatic carbocycles. The number of nitrogens with one attached hydrogen (secondary N) is 1. The second-order valence-corrected chi connectivity index (χ2v) is 6.59. The minimum Gasteiger partial charge on any atom is -0.366 e. The number of rotatable bonds is 3. The highest BCUT2D eigenvalue weighted by Gasteiger charge is 2.20. The van der Waals surface area contributed by atoms with E-state index < -0.39 is 0 Å². The van der Waals surface area contributed by atoms with E-state index in [9.17, 15) is 0 Å². The molecule has 0 spiro atoms. The molecule has 1 N–H and O–H groups in total. The maximum atomic E-state index is 4.41. The van der Waals surface area contributed by atoms with Crippen molar-refractivity contribution < 1.29 is 0 Å². The van der Waals surface area contributed by atoms with Gasteiger partial charge in [-0.1, -0.05) is 19.3 Å². The molecule has 0 bridgehead atoms. The Bertz CT molecular complexity index is 376. The Labute approximate surface area is 120 Å². The van der Waals surface area contributed by atoms with E-state index in [1.807, 2.05) is 12.3 Å². The van der Waals surface area contributed by atoms with Crippen molar-refractivity contribution >= 4 is 37.7 Å². The van der Waals surface area contributed by atoms with Crippen molar-refractivity contribution in [3.63, 3.8) is 0 Å². The fourth-order valence-electron chi connectivity index (χ4n) is 2.49. The van der Waals surface area contributed by atoms with Crippen molar-refractivity contribution in [2.45, 2.75) is 45.1 Å². The standard InChI is InChI=1S/C13H18Br2N2/c1-9(10-5-3-2-4-6-10)17-13-12(15)7-11(14)8-16-13/h7-10H,2-6H2,1H3,(H,16,17). The quantitative estimate of drug-likeness (QED) is 0.820. The van der Waals surface area contributed by atoms with Crippen LogP contribution in [0, 0.1) is 5.92 Å². The molecule has 0 aliphatic heterocycles. The highest BCUT2D eigenvalue weighted by atomic mass is 79.9. The van der Waals surface area contributed by atoms with Crippen LogP contribution < -0.4 is 5.32 Å². The smallest absolute Gasteiger partial charge is 0.140 e. The fraction of sp³-hybridized carbons (Fsp3) is 0.615. The van der Waals surface area contributed by atoms with Crippen LogP contribution in [0.5, 0.6) is 0 Å². The summed E-state index contributed by atoms with van der Waals surface area (Å²) in [5.41, 5.74) is 0. The van der Waals surface area contributed by atoms with E-state index in [4.69, 9.17) is 0 Å². The minimum absolute atomic E-state index is 0.500. The van der Waals surface area contributed by atoms with E-state index in [-0.39, 0.29) is 0 Å². The summed E-state index contributed by atoms with van der Waals surface area (Å²) in [6, 6.07) is 2.53. The van der Waals surface area contributed by atoms with E-state index in [1.54, 1.807) is 0 Å². The Morgan fingerprint density at radius 3 is 2.65 bits per heavy atom. The number of nitrogens with zero attached hydrogens (tertiary/aromatic N) is 1. The number of hydrogen-bond donors (Lipinski definition) is 1. The lowest BCUT2D eigenvalue weighted by Gasteiger charge is -2.28. The lowest BCUT2D eigenvalue weighted by molar-refractivity contribution is 0.328. The van der Waals surface area contributed by atoms with Crippen molar-refractivity contribution in [1.82, 2.24) is 4.98 Å². The van der Waals surface area contributed by atoms with E-state index in [0.29, 0.717) is 6.04 Å². The molecule has 1 aromatic heterocycles. The molecule has 94 valence electrons. The van der Waals surface area contributed by atoms with Crippen molar-refractivity contribution in [2.24, 2.45) is 5.92 Å². The fourth-order valence-corrected chi connectivity index (χ4v) is 3.59. The first kappa shape index (κ1) is 13.3. The lowest BCUT2D eigenvalue weighted by atomic mass is 9.84. The van der Waals surface area contributed by atoms with Crippen LogP contribution in [-0.2, 0) is 0 Å². The van der Waals surface area contributed by atoms with Crippen LogP contribution in [0.25, 0.3) is 0 Å². The monoisotopic (exact) mass is 360 g/mol. The average molecular weight is 362 g/mol. The second-order valence-electron chi connectivity index (χ2n) is 4.82. The highest BCUT2D eigenvalue weighted by Crippen LogP contribution is 2.30. The number of halogens is 2. The molecule has 1 aliphatic rings. The van der Waals surface area contributed by atoms with Crippen LogP contribution in [0.1, 0.15) is 39.0 Å². The molecular weight excluding hydrogens is 344 g/mol. The summed E-state index contributed by atoms with van der Waals surface area (Å²) in [7, 11) is 0. The number of pyridine rings is 1. The van der Waals surface area contributed by atoms with Crippen LogP contribution in [0.4, 0.5) is 5.82 Å². The predicted molar refractivity (Wildman–Crippen MR) is 79.3 cm³/mol. The zero-order valence-corrected chi connectivity index (χ0v) is 13.2. The molecule has 1 fully saturated rings. The molecule has 0 amide bonds. The third-order valence-corrected chi connectivity index (χ3v) is 4.57. The molecule has 0 aromatic carbocycles. The maximum absolute atomic E-state index is 4.41. The van der Waals surface area contributed by atoms with Gasteiger partial charge < -0.3 is 5.32 Å². The molecule has 1 saturated carbocycles. The molecule has 4 heteroatoms. The van der Waals surface area contributed by atoms with Gasteiger partial charge in [0, 0.05) is 16.7 Å². The van der Waals surface area contributed by atoms with Gasteiger partial charge in [0.1, 0.15) is 5.82 Å². The third kappa shape index (κ3) is 3.68. The third-order valence-electron chi connectivity index (χ3n) is 3.53. The molecule has 2 nitrogen and oxygen atoms in total. The Hall–Kier alpha value is -0.0900. The van der Waals surface area contributed by atoms with Gasteiger partial charge in [-0.3, -0.25) is 0 Å². The summed E-state index contributed by atoms with van der Waals surface area (Å²) in [6.45, 7) is 2.27. The summed E-state index contributed by atoms with van der Waals surface area (Å²) in [5, 5.41) is 3.53. The first-order valence-corrected chi connectivity index (χ1v) is 7.83. The molecule has 2 rings (SSSR count). The summed E-state index contributed by atoms with van der Waals surface area (Å²) < 4.78 is 2.02. The van der Waals surface area contributed by atoms with Gasteiger partial charge in [-0.25, -0.2) is 4.98 Å². The van der Waals surface area contributed by atoms with E-state index in [2.05, 4.69) is 49.1 Å². The molecule has 0 saturated heterocycles. The molecule has 1 aromatic rings. The van der Waals surface area contributed by atoms with Crippen molar-refractivity contribution in [2.75, 3.05) is 5.32 Å². The van der Waals surface area contributed by atoms with Gasteiger partial charge in [0.05, 0.1) is 4.47 Å². The highest BCUT2D eigenvalue weighted by molar-refractivity contribution is 9.11. The summed E-state index contributed by atoms with van der Waals surface area (Å²) in [6.07, 6.45) is 8.70. The largest absolute Gasteiger partial charge is 0.366 e. The summed E-state index contributed by atoms with van der Waals surface area (Å²) in [5.74, 6) is 1.74. The number of anilines is 1.